The van der Waals surface area contributed by atoms with Gasteiger partial charge in [-0.3, -0.25) is 4.79 Å². The smallest absolute Gasteiger partial charge is 0.303 e. The number of ether oxygens (including phenoxy) is 1. The summed E-state index contributed by atoms with van der Waals surface area (Å²) in [6, 6.07) is 5.49. The molecule has 94 valence electrons. The number of hydrogen-bond acceptors (Lipinski definition) is 3. The fourth-order valence-electron chi connectivity index (χ4n) is 1.63. The molecule has 4 nitrogen and oxygen atoms in total. The van der Waals surface area contributed by atoms with Crippen molar-refractivity contribution in [3.05, 3.63) is 33.8 Å². The number of aliphatic carboxylic acids is 1. The highest BCUT2D eigenvalue weighted by Crippen LogP contribution is 2.24. The van der Waals surface area contributed by atoms with Gasteiger partial charge >= 0.3 is 5.97 Å². The Morgan fingerprint density at radius 1 is 1.59 bits per heavy atom. The molecule has 0 amide bonds. The van der Waals surface area contributed by atoms with Crippen molar-refractivity contribution in [2.45, 2.75) is 25.5 Å². The van der Waals surface area contributed by atoms with E-state index in [9.17, 15) is 4.79 Å². The highest BCUT2D eigenvalue weighted by molar-refractivity contribution is 9.10. The maximum absolute atomic E-state index is 10.5. The third-order valence-corrected chi connectivity index (χ3v) is 2.97. The van der Waals surface area contributed by atoms with Gasteiger partial charge in [-0.05, 0) is 29.7 Å². The Balaban J connectivity index is 2.85. The van der Waals surface area contributed by atoms with Crippen LogP contribution in [0.15, 0.2) is 22.7 Å². The van der Waals surface area contributed by atoms with Crippen LogP contribution in [-0.4, -0.2) is 18.2 Å². The van der Waals surface area contributed by atoms with E-state index in [1.165, 1.54) is 0 Å². The minimum atomic E-state index is -0.830. The SMILES string of the molecule is COCc1ccc(Br)cc1C(N)CCC(=O)O. The third-order valence-electron chi connectivity index (χ3n) is 2.48. The van der Waals surface area contributed by atoms with E-state index in [1.807, 2.05) is 18.2 Å². The lowest BCUT2D eigenvalue weighted by Gasteiger charge is -2.16. The molecule has 1 rings (SSSR count). The maximum Gasteiger partial charge on any atom is 0.303 e. The summed E-state index contributed by atoms with van der Waals surface area (Å²) >= 11 is 3.38. The van der Waals surface area contributed by atoms with Gasteiger partial charge in [0, 0.05) is 24.0 Å². The molecule has 17 heavy (non-hydrogen) atoms. The summed E-state index contributed by atoms with van der Waals surface area (Å²) in [6.07, 6.45) is 0.489. The number of carboxylic acids is 1. The molecule has 1 unspecified atom stereocenters. The molecule has 5 heteroatoms. The molecule has 1 aromatic carbocycles. The van der Waals surface area contributed by atoms with Gasteiger partial charge < -0.3 is 15.6 Å². The lowest BCUT2D eigenvalue weighted by Crippen LogP contribution is -2.14. The van der Waals surface area contributed by atoms with Crippen LogP contribution in [0.1, 0.15) is 30.0 Å². The first kappa shape index (κ1) is 14.2. The number of benzene rings is 1. The molecule has 0 aromatic heterocycles. The first-order valence-corrected chi connectivity index (χ1v) is 6.08. The van der Waals surface area contributed by atoms with Crippen LogP contribution < -0.4 is 5.73 Å². The molecule has 0 saturated heterocycles. The zero-order valence-corrected chi connectivity index (χ0v) is 11.2. The van der Waals surface area contributed by atoms with Gasteiger partial charge in [-0.15, -0.1) is 0 Å². The van der Waals surface area contributed by atoms with Gasteiger partial charge in [0.15, 0.2) is 0 Å². The lowest BCUT2D eigenvalue weighted by atomic mass is 9.98. The Morgan fingerprint density at radius 3 is 2.88 bits per heavy atom. The minimum Gasteiger partial charge on any atom is -0.481 e. The Morgan fingerprint density at radius 2 is 2.29 bits per heavy atom. The Bertz CT molecular complexity index is 395. The average Bonchev–Trinajstić information content (AvgIpc) is 2.28. The third kappa shape index (κ3) is 4.46. The molecule has 0 heterocycles. The van der Waals surface area contributed by atoms with Crippen molar-refractivity contribution in [3.8, 4) is 0 Å². The fraction of sp³-hybridized carbons (Fsp3) is 0.417. The predicted octanol–water partition coefficient (Wildman–Crippen LogP) is 2.46. The molecule has 0 aliphatic carbocycles. The van der Waals surface area contributed by atoms with E-state index in [2.05, 4.69) is 15.9 Å². The lowest BCUT2D eigenvalue weighted by molar-refractivity contribution is -0.137. The molecule has 0 aliphatic rings. The van der Waals surface area contributed by atoms with Crippen molar-refractivity contribution >= 4 is 21.9 Å². The van der Waals surface area contributed by atoms with Crippen LogP contribution in [0.25, 0.3) is 0 Å². The molecule has 1 atom stereocenters. The van der Waals surface area contributed by atoms with Crippen LogP contribution in [0.5, 0.6) is 0 Å². The monoisotopic (exact) mass is 301 g/mol. The molecule has 0 fully saturated rings. The first-order chi connectivity index (χ1) is 8.04. The van der Waals surface area contributed by atoms with Crippen LogP contribution in [-0.2, 0) is 16.1 Å². The molecule has 0 bridgehead atoms. The fourth-order valence-corrected chi connectivity index (χ4v) is 2.01. The highest BCUT2D eigenvalue weighted by atomic mass is 79.9. The molecule has 0 spiro atoms. The zero-order chi connectivity index (χ0) is 12.8. The van der Waals surface area contributed by atoms with E-state index in [0.717, 1.165) is 15.6 Å². The molecule has 0 radical (unpaired) electrons. The van der Waals surface area contributed by atoms with Crippen molar-refractivity contribution in [1.82, 2.24) is 0 Å². The van der Waals surface area contributed by atoms with Crippen molar-refractivity contribution in [2.75, 3.05) is 7.11 Å². The second-order valence-electron chi connectivity index (χ2n) is 3.82. The van der Waals surface area contributed by atoms with E-state index in [4.69, 9.17) is 15.6 Å². The first-order valence-electron chi connectivity index (χ1n) is 5.29. The number of halogens is 1. The van der Waals surface area contributed by atoms with Crippen LogP contribution in [0.4, 0.5) is 0 Å². The quantitative estimate of drug-likeness (QED) is 0.846. The Labute approximate surface area is 109 Å². The largest absolute Gasteiger partial charge is 0.481 e. The second kappa shape index (κ2) is 6.74. The van der Waals surface area contributed by atoms with Crippen molar-refractivity contribution < 1.29 is 14.6 Å². The van der Waals surface area contributed by atoms with Crippen LogP contribution in [0.2, 0.25) is 0 Å². The van der Waals surface area contributed by atoms with Crippen molar-refractivity contribution in [3.63, 3.8) is 0 Å². The van der Waals surface area contributed by atoms with Gasteiger partial charge in [0.05, 0.1) is 6.61 Å². The summed E-state index contributed by atoms with van der Waals surface area (Å²) in [7, 11) is 1.62. The molecule has 3 N–H and O–H groups in total. The topological polar surface area (TPSA) is 72.5 Å². The maximum atomic E-state index is 10.5. The van der Waals surface area contributed by atoms with Gasteiger partial charge in [-0.1, -0.05) is 22.0 Å². The number of methoxy groups -OCH3 is 1. The molecular weight excluding hydrogens is 286 g/mol. The van der Waals surface area contributed by atoms with Gasteiger partial charge in [0.1, 0.15) is 0 Å². The number of nitrogens with two attached hydrogens (primary N) is 1. The molecule has 0 aliphatic heterocycles. The summed E-state index contributed by atoms with van der Waals surface area (Å²) in [5, 5.41) is 8.65. The normalized spacial score (nSPS) is 12.4. The minimum absolute atomic E-state index is 0.0695. The van der Waals surface area contributed by atoms with Gasteiger partial charge in [-0.25, -0.2) is 0 Å². The molecule has 0 saturated carbocycles. The number of hydrogen-bond donors (Lipinski definition) is 2. The van der Waals surface area contributed by atoms with Gasteiger partial charge in [0.25, 0.3) is 0 Å². The van der Waals surface area contributed by atoms with Gasteiger partial charge in [-0.2, -0.15) is 0 Å². The van der Waals surface area contributed by atoms with Crippen molar-refractivity contribution in [2.24, 2.45) is 5.73 Å². The number of carbonyl (C=O) groups is 1. The van der Waals surface area contributed by atoms with E-state index in [0.29, 0.717) is 13.0 Å². The number of rotatable bonds is 6. The summed E-state index contributed by atoms with van der Waals surface area (Å²) in [5.41, 5.74) is 7.93. The summed E-state index contributed by atoms with van der Waals surface area (Å²) in [4.78, 5) is 10.5. The second-order valence-corrected chi connectivity index (χ2v) is 4.73. The van der Waals surface area contributed by atoms with E-state index in [1.54, 1.807) is 7.11 Å². The van der Waals surface area contributed by atoms with Crippen LogP contribution in [0.3, 0.4) is 0 Å². The van der Waals surface area contributed by atoms with Crippen LogP contribution >= 0.6 is 15.9 Å². The standard InChI is InChI=1S/C12H16BrNO3/c1-17-7-8-2-3-9(13)6-10(8)11(14)4-5-12(15)16/h2-3,6,11H,4-5,7,14H2,1H3,(H,15,16). The van der Waals surface area contributed by atoms with Crippen LogP contribution in [0, 0.1) is 0 Å². The average molecular weight is 302 g/mol. The highest BCUT2D eigenvalue weighted by Gasteiger charge is 2.13. The Kier molecular flexibility index (Phi) is 5.61. The summed E-state index contributed by atoms with van der Waals surface area (Å²) < 4.78 is 6.03. The number of carboxylic acid groups (broad SMARTS) is 1. The zero-order valence-electron chi connectivity index (χ0n) is 9.65. The van der Waals surface area contributed by atoms with E-state index < -0.39 is 5.97 Å². The summed E-state index contributed by atoms with van der Waals surface area (Å²) in [5.74, 6) is -0.830. The van der Waals surface area contributed by atoms with Crippen molar-refractivity contribution in [1.29, 1.82) is 0 Å². The van der Waals surface area contributed by atoms with Gasteiger partial charge in [0.2, 0.25) is 0 Å². The van der Waals surface area contributed by atoms with E-state index in [-0.39, 0.29) is 12.5 Å². The molecular formula is C12H16BrNO3. The Hall–Kier alpha value is -0.910. The van der Waals surface area contributed by atoms with E-state index >= 15 is 0 Å². The molecule has 1 aromatic rings. The summed E-state index contributed by atoms with van der Waals surface area (Å²) in [6.45, 7) is 0.476. The predicted molar refractivity (Wildman–Crippen MR) is 68.7 cm³/mol.